The van der Waals surface area contributed by atoms with Gasteiger partial charge in [0.15, 0.2) is 0 Å². The maximum absolute atomic E-state index is 6.12. The van der Waals surface area contributed by atoms with E-state index in [1.807, 2.05) is 12.1 Å². The van der Waals surface area contributed by atoms with E-state index in [4.69, 9.17) is 23.2 Å². The van der Waals surface area contributed by atoms with Crippen molar-refractivity contribution >= 4 is 23.2 Å². The summed E-state index contributed by atoms with van der Waals surface area (Å²) in [6.45, 7) is 5.68. The Bertz CT molecular complexity index is 423. The van der Waals surface area contributed by atoms with Crippen LogP contribution in [0.4, 0.5) is 0 Å². The van der Waals surface area contributed by atoms with Gasteiger partial charge in [-0.25, -0.2) is 0 Å². The van der Waals surface area contributed by atoms with Crippen molar-refractivity contribution in [3.63, 3.8) is 0 Å². The van der Waals surface area contributed by atoms with E-state index < -0.39 is 0 Å². The molecule has 2 rings (SSSR count). The molecule has 1 aromatic carbocycles. The number of hydrogen-bond donors (Lipinski definition) is 1. The quantitative estimate of drug-likeness (QED) is 0.739. The van der Waals surface area contributed by atoms with Crippen molar-refractivity contribution in [3.8, 4) is 0 Å². The van der Waals surface area contributed by atoms with Gasteiger partial charge in [-0.05, 0) is 55.2 Å². The largest absolute Gasteiger partial charge is 0.313 e. The van der Waals surface area contributed by atoms with Crippen molar-refractivity contribution in [2.24, 2.45) is 5.41 Å². The molecule has 0 heterocycles. The summed E-state index contributed by atoms with van der Waals surface area (Å²) in [6.07, 6.45) is 6.12. The molecule has 1 saturated carbocycles. The molecule has 3 heteroatoms. The number of nitrogens with one attached hydrogen (secondary N) is 1. The smallest absolute Gasteiger partial charge is 0.0595 e. The van der Waals surface area contributed by atoms with Crippen LogP contribution in [0.3, 0.4) is 0 Å². The molecule has 1 fully saturated rings. The van der Waals surface area contributed by atoms with Crippen LogP contribution in [0.1, 0.15) is 45.1 Å². The van der Waals surface area contributed by atoms with E-state index in [0.29, 0.717) is 15.5 Å². The average Bonchev–Trinajstić information content (AvgIpc) is 3.23. The van der Waals surface area contributed by atoms with E-state index in [1.165, 1.54) is 31.2 Å². The molecule has 0 amide bonds. The van der Waals surface area contributed by atoms with Crippen LogP contribution < -0.4 is 5.32 Å². The lowest BCUT2D eigenvalue weighted by atomic mass is 9.77. The van der Waals surface area contributed by atoms with Gasteiger partial charge < -0.3 is 5.32 Å². The van der Waals surface area contributed by atoms with Crippen LogP contribution in [0.2, 0.25) is 10.0 Å². The minimum Gasteiger partial charge on any atom is -0.313 e. The lowest BCUT2D eigenvalue weighted by molar-refractivity contribution is 0.245. The van der Waals surface area contributed by atoms with E-state index in [-0.39, 0.29) is 0 Å². The summed E-state index contributed by atoms with van der Waals surface area (Å²) in [7, 11) is 0. The number of benzene rings is 1. The minimum atomic E-state index is 0.333. The Balaban J connectivity index is 2.06. The molecule has 0 bridgehead atoms. The van der Waals surface area contributed by atoms with Crippen molar-refractivity contribution in [3.05, 3.63) is 33.8 Å². The Morgan fingerprint density at radius 1 is 1.16 bits per heavy atom. The predicted octanol–water partition coefficient (Wildman–Crippen LogP) is 5.09. The van der Waals surface area contributed by atoms with Gasteiger partial charge in [0.05, 0.1) is 10.0 Å². The molecule has 19 heavy (non-hydrogen) atoms. The zero-order valence-corrected chi connectivity index (χ0v) is 13.3. The van der Waals surface area contributed by atoms with E-state index in [1.54, 1.807) is 0 Å². The molecule has 0 saturated heterocycles. The van der Waals surface area contributed by atoms with Crippen molar-refractivity contribution in [1.82, 2.24) is 5.32 Å². The molecule has 1 aliphatic carbocycles. The molecule has 106 valence electrons. The van der Waals surface area contributed by atoms with Crippen LogP contribution in [-0.2, 0) is 6.42 Å². The molecule has 0 aliphatic heterocycles. The van der Waals surface area contributed by atoms with E-state index >= 15 is 0 Å². The molecule has 0 unspecified atom stereocenters. The Morgan fingerprint density at radius 2 is 1.84 bits per heavy atom. The summed E-state index contributed by atoms with van der Waals surface area (Å²) < 4.78 is 0. The first-order valence-electron chi connectivity index (χ1n) is 7.26. The van der Waals surface area contributed by atoms with Crippen LogP contribution in [0, 0.1) is 5.41 Å². The molecule has 0 aromatic heterocycles. The molecule has 1 aliphatic rings. The minimum absolute atomic E-state index is 0.333. The summed E-state index contributed by atoms with van der Waals surface area (Å²) in [6, 6.07) is 6.79. The second-order valence-corrected chi connectivity index (χ2v) is 6.60. The first kappa shape index (κ1) is 15.2. The SMILES string of the molecule is CCC(CC)(CNC1CC1)Cc1ccc(Cl)c(Cl)c1. The van der Waals surface area contributed by atoms with Crippen molar-refractivity contribution in [2.45, 2.75) is 52.0 Å². The van der Waals surface area contributed by atoms with Gasteiger partial charge in [-0.1, -0.05) is 43.1 Å². The topological polar surface area (TPSA) is 12.0 Å². The van der Waals surface area contributed by atoms with Gasteiger partial charge in [-0.15, -0.1) is 0 Å². The zero-order chi connectivity index (χ0) is 13.9. The molecule has 1 aromatic rings. The zero-order valence-electron chi connectivity index (χ0n) is 11.8. The van der Waals surface area contributed by atoms with Crippen molar-refractivity contribution in [1.29, 1.82) is 0 Å². The van der Waals surface area contributed by atoms with Gasteiger partial charge in [0.25, 0.3) is 0 Å². The molecule has 0 radical (unpaired) electrons. The highest BCUT2D eigenvalue weighted by molar-refractivity contribution is 6.42. The first-order valence-corrected chi connectivity index (χ1v) is 8.01. The fourth-order valence-electron chi connectivity index (χ4n) is 2.54. The van der Waals surface area contributed by atoms with E-state index in [2.05, 4.69) is 25.2 Å². The third-order valence-corrected chi connectivity index (χ3v) is 5.15. The van der Waals surface area contributed by atoms with Gasteiger partial charge in [0.2, 0.25) is 0 Å². The molecule has 0 spiro atoms. The third kappa shape index (κ3) is 4.11. The second-order valence-electron chi connectivity index (χ2n) is 5.79. The standard InChI is InChI=1S/C16H23Cl2N/c1-3-16(4-2,11-19-13-6-7-13)10-12-5-8-14(17)15(18)9-12/h5,8-9,13,19H,3-4,6-7,10-11H2,1-2H3. The molecule has 1 nitrogen and oxygen atoms in total. The Kier molecular flexibility index (Phi) is 5.16. The normalized spacial score (nSPS) is 15.8. The van der Waals surface area contributed by atoms with E-state index in [0.717, 1.165) is 19.0 Å². The molecule has 0 atom stereocenters. The summed E-state index contributed by atoms with van der Waals surface area (Å²) in [5, 5.41) is 4.99. The monoisotopic (exact) mass is 299 g/mol. The van der Waals surface area contributed by atoms with E-state index in [9.17, 15) is 0 Å². The molecular formula is C16H23Cl2N. The van der Waals surface area contributed by atoms with Gasteiger partial charge in [0.1, 0.15) is 0 Å². The number of hydrogen-bond acceptors (Lipinski definition) is 1. The van der Waals surface area contributed by atoms with Crippen LogP contribution in [-0.4, -0.2) is 12.6 Å². The first-order chi connectivity index (χ1) is 9.08. The van der Waals surface area contributed by atoms with Crippen LogP contribution in [0.15, 0.2) is 18.2 Å². The highest BCUT2D eigenvalue weighted by atomic mass is 35.5. The maximum atomic E-state index is 6.12. The maximum Gasteiger partial charge on any atom is 0.0595 e. The Morgan fingerprint density at radius 3 is 2.37 bits per heavy atom. The van der Waals surface area contributed by atoms with Gasteiger partial charge >= 0.3 is 0 Å². The summed E-state index contributed by atoms with van der Waals surface area (Å²) in [5.41, 5.74) is 1.62. The average molecular weight is 300 g/mol. The van der Waals surface area contributed by atoms with Crippen molar-refractivity contribution in [2.75, 3.05) is 6.54 Å². The second kappa shape index (κ2) is 6.47. The van der Waals surface area contributed by atoms with Crippen LogP contribution in [0.25, 0.3) is 0 Å². The van der Waals surface area contributed by atoms with Gasteiger partial charge in [0, 0.05) is 12.6 Å². The van der Waals surface area contributed by atoms with Crippen LogP contribution in [0.5, 0.6) is 0 Å². The summed E-state index contributed by atoms with van der Waals surface area (Å²) in [4.78, 5) is 0. The number of rotatable bonds is 7. The van der Waals surface area contributed by atoms with Crippen LogP contribution >= 0.6 is 23.2 Å². The lowest BCUT2D eigenvalue weighted by Crippen LogP contribution is -2.36. The highest BCUT2D eigenvalue weighted by Crippen LogP contribution is 2.33. The highest BCUT2D eigenvalue weighted by Gasteiger charge is 2.30. The number of halogens is 2. The van der Waals surface area contributed by atoms with Gasteiger partial charge in [-0.2, -0.15) is 0 Å². The Labute approximate surface area is 126 Å². The van der Waals surface area contributed by atoms with Crippen molar-refractivity contribution < 1.29 is 0 Å². The predicted molar refractivity (Wildman–Crippen MR) is 84.2 cm³/mol. The molecular weight excluding hydrogens is 277 g/mol. The summed E-state index contributed by atoms with van der Waals surface area (Å²) >= 11 is 12.1. The third-order valence-electron chi connectivity index (χ3n) is 4.41. The molecule has 1 N–H and O–H groups in total. The fraction of sp³-hybridized carbons (Fsp3) is 0.625. The Hall–Kier alpha value is -0.240. The summed E-state index contributed by atoms with van der Waals surface area (Å²) in [5.74, 6) is 0. The van der Waals surface area contributed by atoms with Gasteiger partial charge in [-0.3, -0.25) is 0 Å². The fourth-order valence-corrected chi connectivity index (χ4v) is 2.86. The lowest BCUT2D eigenvalue weighted by Gasteiger charge is -2.32.